The van der Waals surface area contributed by atoms with Gasteiger partial charge in [0.15, 0.2) is 0 Å². The highest BCUT2D eigenvalue weighted by Gasteiger charge is 2.37. The van der Waals surface area contributed by atoms with E-state index in [1.165, 1.54) is 44.9 Å². The maximum atomic E-state index is 9.29. The molecule has 0 spiro atoms. The zero-order valence-corrected chi connectivity index (χ0v) is 9.00. The minimum Gasteiger partial charge on any atom is -0.396 e. The van der Waals surface area contributed by atoms with Crippen LogP contribution in [0.2, 0.25) is 0 Å². The zero-order chi connectivity index (χ0) is 9.86. The second-order valence-electron chi connectivity index (χ2n) is 5.19. The Morgan fingerprint density at radius 2 is 1.86 bits per heavy atom. The molecule has 0 radical (unpaired) electrons. The summed E-state index contributed by atoms with van der Waals surface area (Å²) >= 11 is 0. The van der Waals surface area contributed by atoms with Gasteiger partial charge in [0.1, 0.15) is 0 Å². The monoisotopic (exact) mass is 198 g/mol. The minimum absolute atomic E-state index is 0.150. The molecule has 0 amide bonds. The highest BCUT2D eigenvalue weighted by atomic mass is 16.5. The maximum absolute atomic E-state index is 9.29. The van der Waals surface area contributed by atoms with E-state index >= 15 is 0 Å². The Bertz CT molecular complexity index is 164. The van der Waals surface area contributed by atoms with Crippen LogP contribution in [0.15, 0.2) is 0 Å². The van der Waals surface area contributed by atoms with E-state index in [-0.39, 0.29) is 5.41 Å². The van der Waals surface area contributed by atoms with Gasteiger partial charge in [-0.25, -0.2) is 0 Å². The minimum atomic E-state index is 0.150. The second-order valence-corrected chi connectivity index (χ2v) is 5.19. The van der Waals surface area contributed by atoms with Gasteiger partial charge in [-0.2, -0.15) is 0 Å². The molecule has 0 aromatic heterocycles. The largest absolute Gasteiger partial charge is 0.396 e. The molecule has 1 saturated heterocycles. The van der Waals surface area contributed by atoms with Gasteiger partial charge in [0, 0.05) is 5.41 Å². The molecule has 2 heteroatoms. The van der Waals surface area contributed by atoms with E-state index in [1.54, 1.807) is 0 Å². The molecule has 2 nitrogen and oxygen atoms in total. The highest BCUT2D eigenvalue weighted by Crippen LogP contribution is 2.36. The van der Waals surface area contributed by atoms with E-state index in [9.17, 15) is 5.11 Å². The van der Waals surface area contributed by atoms with Gasteiger partial charge >= 0.3 is 0 Å². The van der Waals surface area contributed by atoms with Gasteiger partial charge in [0.05, 0.1) is 19.8 Å². The number of aliphatic hydroxyl groups is 1. The molecule has 1 heterocycles. The fourth-order valence-electron chi connectivity index (χ4n) is 2.69. The van der Waals surface area contributed by atoms with Gasteiger partial charge in [-0.15, -0.1) is 0 Å². The summed E-state index contributed by atoms with van der Waals surface area (Å²) in [6, 6.07) is 0. The molecule has 0 bridgehead atoms. The second kappa shape index (κ2) is 4.63. The van der Waals surface area contributed by atoms with E-state index in [4.69, 9.17) is 4.74 Å². The first-order valence-corrected chi connectivity index (χ1v) is 6.03. The molecule has 1 N–H and O–H groups in total. The first-order chi connectivity index (χ1) is 6.85. The Balaban J connectivity index is 1.69. The molecule has 0 aromatic rings. The molecule has 0 unspecified atom stereocenters. The van der Waals surface area contributed by atoms with Crippen LogP contribution < -0.4 is 0 Å². The van der Waals surface area contributed by atoms with Crippen molar-refractivity contribution < 1.29 is 9.84 Å². The van der Waals surface area contributed by atoms with E-state index < -0.39 is 0 Å². The van der Waals surface area contributed by atoms with E-state index in [1.807, 2.05) is 0 Å². The van der Waals surface area contributed by atoms with Crippen molar-refractivity contribution in [3.63, 3.8) is 0 Å². The van der Waals surface area contributed by atoms with Crippen LogP contribution in [0, 0.1) is 11.3 Å². The molecule has 2 rings (SSSR count). The predicted molar refractivity (Wildman–Crippen MR) is 56.1 cm³/mol. The SMILES string of the molecule is OCC1(CCC2CCCCC2)COC1. The topological polar surface area (TPSA) is 29.5 Å². The summed E-state index contributed by atoms with van der Waals surface area (Å²) in [6.45, 7) is 1.90. The summed E-state index contributed by atoms with van der Waals surface area (Å²) < 4.78 is 5.21. The molecule has 0 aromatic carbocycles. The van der Waals surface area contributed by atoms with Gasteiger partial charge in [-0.1, -0.05) is 32.1 Å². The molecular weight excluding hydrogens is 176 g/mol. The predicted octanol–water partition coefficient (Wildman–Crippen LogP) is 2.36. The average Bonchev–Trinajstić information content (AvgIpc) is 2.19. The van der Waals surface area contributed by atoms with Crippen LogP contribution in [0.4, 0.5) is 0 Å². The van der Waals surface area contributed by atoms with E-state index in [2.05, 4.69) is 0 Å². The molecule has 1 aliphatic heterocycles. The quantitative estimate of drug-likeness (QED) is 0.751. The Morgan fingerprint density at radius 3 is 2.36 bits per heavy atom. The molecule has 1 saturated carbocycles. The van der Waals surface area contributed by atoms with Crippen molar-refractivity contribution in [2.24, 2.45) is 11.3 Å². The third-order valence-corrected chi connectivity index (χ3v) is 3.96. The van der Waals surface area contributed by atoms with Gasteiger partial charge < -0.3 is 9.84 Å². The molecule has 1 aliphatic carbocycles. The fourth-order valence-corrected chi connectivity index (χ4v) is 2.69. The summed E-state index contributed by atoms with van der Waals surface area (Å²) in [5.41, 5.74) is 0.150. The van der Waals surface area contributed by atoms with Crippen molar-refractivity contribution in [3.8, 4) is 0 Å². The lowest BCUT2D eigenvalue weighted by Crippen LogP contribution is -2.45. The fraction of sp³-hybridized carbons (Fsp3) is 1.00. The van der Waals surface area contributed by atoms with Gasteiger partial charge in [0.2, 0.25) is 0 Å². The first-order valence-electron chi connectivity index (χ1n) is 6.03. The molecular formula is C12H22O2. The molecule has 2 fully saturated rings. The van der Waals surface area contributed by atoms with Crippen LogP contribution in [-0.2, 0) is 4.74 Å². The Kier molecular flexibility index (Phi) is 3.45. The molecule has 2 aliphatic rings. The lowest BCUT2D eigenvalue weighted by Gasteiger charge is -2.41. The highest BCUT2D eigenvalue weighted by molar-refractivity contribution is 4.85. The smallest absolute Gasteiger partial charge is 0.0566 e. The lowest BCUT2D eigenvalue weighted by atomic mass is 9.77. The van der Waals surface area contributed by atoms with Crippen LogP contribution in [0.25, 0.3) is 0 Å². The number of aliphatic hydroxyl groups excluding tert-OH is 1. The Labute approximate surface area is 86.6 Å². The van der Waals surface area contributed by atoms with Crippen LogP contribution >= 0.6 is 0 Å². The normalized spacial score (nSPS) is 27.2. The van der Waals surface area contributed by atoms with Crippen molar-refractivity contribution in [1.82, 2.24) is 0 Å². The van der Waals surface area contributed by atoms with Crippen LogP contribution in [0.3, 0.4) is 0 Å². The first kappa shape index (κ1) is 10.4. The van der Waals surface area contributed by atoms with Gasteiger partial charge in [-0.3, -0.25) is 0 Å². The standard InChI is InChI=1S/C12H22O2/c13-8-12(9-14-10-12)7-6-11-4-2-1-3-5-11/h11,13H,1-10H2. The third kappa shape index (κ3) is 2.29. The van der Waals surface area contributed by atoms with Gasteiger partial charge in [-0.05, 0) is 18.8 Å². The van der Waals surface area contributed by atoms with Crippen molar-refractivity contribution in [2.45, 2.75) is 44.9 Å². The van der Waals surface area contributed by atoms with Crippen molar-refractivity contribution in [2.75, 3.05) is 19.8 Å². The van der Waals surface area contributed by atoms with Crippen LogP contribution in [0.1, 0.15) is 44.9 Å². The number of hydrogen-bond donors (Lipinski definition) is 1. The van der Waals surface area contributed by atoms with Crippen molar-refractivity contribution >= 4 is 0 Å². The summed E-state index contributed by atoms with van der Waals surface area (Å²) in [5, 5.41) is 9.29. The van der Waals surface area contributed by atoms with E-state index in [0.717, 1.165) is 19.1 Å². The number of hydrogen-bond acceptors (Lipinski definition) is 2. The molecule has 0 atom stereocenters. The zero-order valence-electron chi connectivity index (χ0n) is 9.00. The van der Waals surface area contributed by atoms with Crippen molar-refractivity contribution in [1.29, 1.82) is 0 Å². The van der Waals surface area contributed by atoms with Crippen LogP contribution in [0.5, 0.6) is 0 Å². The van der Waals surface area contributed by atoms with Gasteiger partial charge in [0.25, 0.3) is 0 Å². The number of ether oxygens (including phenoxy) is 1. The lowest BCUT2D eigenvalue weighted by molar-refractivity contribution is -0.143. The maximum Gasteiger partial charge on any atom is 0.0566 e. The Hall–Kier alpha value is -0.0800. The van der Waals surface area contributed by atoms with E-state index in [0.29, 0.717) is 6.61 Å². The number of rotatable bonds is 4. The Morgan fingerprint density at radius 1 is 1.14 bits per heavy atom. The summed E-state index contributed by atoms with van der Waals surface area (Å²) in [6.07, 6.45) is 9.61. The average molecular weight is 198 g/mol. The summed E-state index contributed by atoms with van der Waals surface area (Å²) in [5.74, 6) is 0.938. The summed E-state index contributed by atoms with van der Waals surface area (Å²) in [7, 11) is 0. The third-order valence-electron chi connectivity index (χ3n) is 3.96. The summed E-state index contributed by atoms with van der Waals surface area (Å²) in [4.78, 5) is 0. The molecule has 82 valence electrons. The molecule has 14 heavy (non-hydrogen) atoms. The van der Waals surface area contributed by atoms with Crippen molar-refractivity contribution in [3.05, 3.63) is 0 Å². The van der Waals surface area contributed by atoms with Crippen LogP contribution in [-0.4, -0.2) is 24.9 Å².